The zero-order chi connectivity index (χ0) is 17.8. The number of unbranched alkanes of at least 4 members (excludes halogenated alkanes) is 4. The van der Waals surface area contributed by atoms with Crippen LogP contribution in [0.3, 0.4) is 0 Å². The molecule has 0 aromatic carbocycles. The summed E-state index contributed by atoms with van der Waals surface area (Å²) in [5, 5.41) is 8.27. The van der Waals surface area contributed by atoms with Gasteiger partial charge in [0, 0.05) is 12.6 Å². The molecule has 0 fully saturated rings. The molecule has 0 atom stereocenters. The highest BCUT2D eigenvalue weighted by Crippen LogP contribution is 2.11. The van der Waals surface area contributed by atoms with Crippen molar-refractivity contribution in [1.29, 1.82) is 0 Å². The SMILES string of the molecule is CCCCCCCC(=O)O.Nc1nc(N)nc(-c2ccccn2)n1. The van der Waals surface area contributed by atoms with Crippen molar-refractivity contribution in [3.8, 4) is 11.5 Å². The Morgan fingerprint density at radius 2 is 1.71 bits per heavy atom. The zero-order valence-electron chi connectivity index (χ0n) is 13.9. The van der Waals surface area contributed by atoms with E-state index < -0.39 is 5.97 Å². The minimum Gasteiger partial charge on any atom is -0.481 e. The Bertz CT molecular complexity index is 601. The molecule has 8 heteroatoms. The van der Waals surface area contributed by atoms with Gasteiger partial charge in [0.2, 0.25) is 11.9 Å². The number of nitrogens with two attached hydrogens (primary N) is 2. The first-order valence-corrected chi connectivity index (χ1v) is 7.93. The van der Waals surface area contributed by atoms with Crippen molar-refractivity contribution in [1.82, 2.24) is 19.9 Å². The third kappa shape index (κ3) is 8.02. The van der Waals surface area contributed by atoms with Gasteiger partial charge < -0.3 is 16.6 Å². The average Bonchev–Trinajstić information content (AvgIpc) is 2.55. The van der Waals surface area contributed by atoms with E-state index in [1.54, 1.807) is 18.3 Å². The number of aromatic nitrogens is 4. The molecule has 0 saturated heterocycles. The van der Waals surface area contributed by atoms with Crippen LogP contribution in [0.2, 0.25) is 0 Å². The fraction of sp³-hybridized carbons (Fsp3) is 0.438. The van der Waals surface area contributed by atoms with Gasteiger partial charge in [-0.2, -0.15) is 15.0 Å². The van der Waals surface area contributed by atoms with E-state index in [1.807, 2.05) is 6.07 Å². The van der Waals surface area contributed by atoms with Crippen LogP contribution in [0.4, 0.5) is 11.9 Å². The molecule has 2 aromatic rings. The van der Waals surface area contributed by atoms with E-state index in [2.05, 4.69) is 26.9 Å². The van der Waals surface area contributed by atoms with Gasteiger partial charge in [0.15, 0.2) is 5.82 Å². The molecule has 2 heterocycles. The van der Waals surface area contributed by atoms with Crippen LogP contribution >= 0.6 is 0 Å². The van der Waals surface area contributed by atoms with Gasteiger partial charge in [-0.25, -0.2) is 0 Å². The van der Waals surface area contributed by atoms with Gasteiger partial charge in [-0.15, -0.1) is 0 Å². The first-order valence-electron chi connectivity index (χ1n) is 7.93. The molecule has 0 amide bonds. The van der Waals surface area contributed by atoms with E-state index in [9.17, 15) is 4.79 Å². The summed E-state index contributed by atoms with van der Waals surface area (Å²) in [6, 6.07) is 5.41. The molecule has 0 bridgehead atoms. The molecule has 0 radical (unpaired) electrons. The first kappa shape index (κ1) is 19.3. The average molecular weight is 332 g/mol. The molecule has 0 aliphatic heterocycles. The van der Waals surface area contributed by atoms with Crippen LogP contribution < -0.4 is 11.5 Å². The zero-order valence-corrected chi connectivity index (χ0v) is 13.9. The predicted molar refractivity (Wildman–Crippen MR) is 92.9 cm³/mol. The van der Waals surface area contributed by atoms with Crippen LogP contribution in [0.1, 0.15) is 45.4 Å². The number of nitrogens with zero attached hydrogens (tertiary/aromatic N) is 4. The lowest BCUT2D eigenvalue weighted by atomic mass is 10.1. The minimum atomic E-state index is -0.670. The molecule has 0 unspecified atom stereocenters. The summed E-state index contributed by atoms with van der Waals surface area (Å²) in [7, 11) is 0. The number of pyridine rings is 1. The molecule has 24 heavy (non-hydrogen) atoms. The highest BCUT2D eigenvalue weighted by Gasteiger charge is 2.04. The van der Waals surface area contributed by atoms with Crippen LogP contribution in [0.25, 0.3) is 11.5 Å². The number of rotatable bonds is 7. The number of hydrogen-bond acceptors (Lipinski definition) is 7. The molecular formula is C16H24N6O2. The van der Waals surface area contributed by atoms with Gasteiger partial charge in [-0.05, 0) is 18.6 Å². The third-order valence-corrected chi connectivity index (χ3v) is 3.06. The molecule has 0 spiro atoms. The Morgan fingerprint density at radius 1 is 1.04 bits per heavy atom. The van der Waals surface area contributed by atoms with Crippen molar-refractivity contribution in [2.24, 2.45) is 0 Å². The van der Waals surface area contributed by atoms with Crippen molar-refractivity contribution in [2.75, 3.05) is 11.5 Å². The fourth-order valence-electron chi connectivity index (χ4n) is 1.90. The van der Waals surface area contributed by atoms with Crippen LogP contribution in [0.15, 0.2) is 24.4 Å². The molecule has 0 aliphatic rings. The molecule has 8 nitrogen and oxygen atoms in total. The maximum atomic E-state index is 10.0. The number of hydrogen-bond donors (Lipinski definition) is 3. The normalized spacial score (nSPS) is 9.88. The van der Waals surface area contributed by atoms with Crippen LogP contribution in [0, 0.1) is 0 Å². The van der Waals surface area contributed by atoms with E-state index in [0.29, 0.717) is 17.9 Å². The van der Waals surface area contributed by atoms with E-state index in [1.165, 1.54) is 19.3 Å². The van der Waals surface area contributed by atoms with Crippen molar-refractivity contribution in [3.63, 3.8) is 0 Å². The van der Waals surface area contributed by atoms with Gasteiger partial charge in [-0.1, -0.05) is 38.7 Å². The second kappa shape index (κ2) is 10.9. The summed E-state index contributed by atoms with van der Waals surface area (Å²) < 4.78 is 0. The molecule has 0 saturated carbocycles. The second-order valence-corrected chi connectivity index (χ2v) is 5.15. The molecule has 130 valence electrons. The van der Waals surface area contributed by atoms with Crippen molar-refractivity contribution in [2.45, 2.75) is 45.4 Å². The van der Waals surface area contributed by atoms with Gasteiger partial charge >= 0.3 is 5.97 Å². The Hall–Kier alpha value is -2.77. The van der Waals surface area contributed by atoms with Gasteiger partial charge in [-0.3, -0.25) is 9.78 Å². The molecule has 2 rings (SSSR count). The molecule has 0 aliphatic carbocycles. The smallest absolute Gasteiger partial charge is 0.303 e. The Labute approximate surface area is 141 Å². The van der Waals surface area contributed by atoms with Crippen LogP contribution in [0.5, 0.6) is 0 Å². The monoisotopic (exact) mass is 332 g/mol. The summed E-state index contributed by atoms with van der Waals surface area (Å²) in [5.74, 6) is -0.0941. The lowest BCUT2D eigenvalue weighted by Gasteiger charge is -2.00. The number of aliphatic carboxylic acids is 1. The highest BCUT2D eigenvalue weighted by atomic mass is 16.4. The van der Waals surface area contributed by atoms with Gasteiger partial charge in [0.05, 0.1) is 0 Å². The Kier molecular flexibility index (Phi) is 8.73. The molecule has 2 aromatic heterocycles. The Morgan fingerprint density at radius 3 is 2.25 bits per heavy atom. The maximum absolute atomic E-state index is 10.0. The standard InChI is InChI=1S/C8H8N6.C8H16O2/c9-7-12-6(13-8(10)14-7)5-3-1-2-4-11-5;1-2-3-4-5-6-7-8(9)10/h1-4H,(H4,9,10,12,13,14);2-7H2,1H3,(H,9,10). The van der Waals surface area contributed by atoms with Crippen molar-refractivity contribution in [3.05, 3.63) is 24.4 Å². The highest BCUT2D eigenvalue weighted by molar-refractivity contribution is 5.66. The fourth-order valence-corrected chi connectivity index (χ4v) is 1.90. The van der Waals surface area contributed by atoms with Gasteiger partial charge in [0.1, 0.15) is 5.69 Å². The third-order valence-electron chi connectivity index (χ3n) is 3.06. The second-order valence-electron chi connectivity index (χ2n) is 5.15. The summed E-state index contributed by atoms with van der Waals surface area (Å²) in [6.45, 7) is 2.15. The summed E-state index contributed by atoms with van der Waals surface area (Å²) >= 11 is 0. The van der Waals surface area contributed by atoms with Gasteiger partial charge in [0.25, 0.3) is 0 Å². The first-order chi connectivity index (χ1) is 11.5. The van der Waals surface area contributed by atoms with Crippen molar-refractivity contribution >= 4 is 17.9 Å². The van der Waals surface area contributed by atoms with E-state index in [4.69, 9.17) is 16.6 Å². The quantitative estimate of drug-likeness (QED) is 0.657. The van der Waals surface area contributed by atoms with E-state index >= 15 is 0 Å². The van der Waals surface area contributed by atoms with Crippen molar-refractivity contribution < 1.29 is 9.90 Å². The van der Waals surface area contributed by atoms with E-state index in [0.717, 1.165) is 12.8 Å². The Balaban J connectivity index is 0.000000257. The molecular weight excluding hydrogens is 308 g/mol. The van der Waals surface area contributed by atoms with E-state index in [-0.39, 0.29) is 11.9 Å². The largest absolute Gasteiger partial charge is 0.481 e. The lowest BCUT2D eigenvalue weighted by molar-refractivity contribution is -0.137. The number of carbonyl (C=O) groups is 1. The number of carboxylic acids is 1. The summed E-state index contributed by atoms with van der Waals surface area (Å²) in [6.07, 6.45) is 7.53. The van der Waals surface area contributed by atoms with Crippen LogP contribution in [-0.4, -0.2) is 31.0 Å². The summed E-state index contributed by atoms with van der Waals surface area (Å²) in [4.78, 5) is 25.6. The number of nitrogen functional groups attached to an aromatic ring is 2. The lowest BCUT2D eigenvalue weighted by Crippen LogP contribution is -2.04. The number of carboxylic acid groups (broad SMARTS) is 1. The maximum Gasteiger partial charge on any atom is 0.303 e. The van der Waals surface area contributed by atoms with Crippen LogP contribution in [-0.2, 0) is 4.79 Å². The summed E-state index contributed by atoms with van der Waals surface area (Å²) in [5.41, 5.74) is 11.5. The topological polar surface area (TPSA) is 141 Å². The molecule has 5 N–H and O–H groups in total. The number of anilines is 2. The predicted octanol–water partition coefficient (Wildman–Crippen LogP) is 2.53. The minimum absolute atomic E-state index is 0.0955.